The highest BCUT2D eigenvalue weighted by atomic mass is 32.1. The lowest BCUT2D eigenvalue weighted by molar-refractivity contribution is 0.484. The lowest BCUT2D eigenvalue weighted by Crippen LogP contribution is -1.87. The molecule has 3 heteroatoms. The van der Waals surface area contributed by atoms with Crippen LogP contribution in [0.25, 0.3) is 11.3 Å². The van der Waals surface area contributed by atoms with Gasteiger partial charge in [-0.2, -0.15) is 0 Å². The third-order valence-corrected chi connectivity index (χ3v) is 3.09. The summed E-state index contributed by atoms with van der Waals surface area (Å²) >= 11 is 1.57. The van der Waals surface area contributed by atoms with Crippen LogP contribution in [0, 0.1) is 6.07 Å². The van der Waals surface area contributed by atoms with Gasteiger partial charge in [-0.25, -0.2) is 4.98 Å². The highest BCUT2D eigenvalue weighted by Crippen LogP contribution is 2.32. The van der Waals surface area contributed by atoms with Gasteiger partial charge in [-0.15, -0.1) is 11.3 Å². The topological polar surface area (TPSA) is 22.1 Å². The maximum atomic E-state index is 5.87. The summed E-state index contributed by atoms with van der Waals surface area (Å²) in [5, 5.41) is 2.01. The van der Waals surface area contributed by atoms with Crippen molar-refractivity contribution in [2.75, 3.05) is 0 Å². The van der Waals surface area contributed by atoms with Gasteiger partial charge in [0.1, 0.15) is 11.5 Å². The average Bonchev–Trinajstić information content (AvgIpc) is 2.94. The maximum absolute atomic E-state index is 5.87. The Labute approximate surface area is 110 Å². The SMILES string of the molecule is [c]1ccc(-c2cscn2)c(Oc2ccccc2)c1. The van der Waals surface area contributed by atoms with E-state index in [2.05, 4.69) is 11.1 Å². The lowest BCUT2D eigenvalue weighted by Gasteiger charge is -2.09. The van der Waals surface area contributed by atoms with E-state index in [0.717, 1.165) is 22.8 Å². The molecular formula is C15H10NOS. The molecule has 1 heterocycles. The predicted molar refractivity (Wildman–Crippen MR) is 72.9 cm³/mol. The largest absolute Gasteiger partial charge is 0.457 e. The maximum Gasteiger partial charge on any atom is 0.137 e. The number of nitrogens with zero attached hydrogens (tertiary/aromatic N) is 1. The number of ether oxygens (including phenoxy) is 1. The van der Waals surface area contributed by atoms with Crippen molar-refractivity contribution in [1.82, 2.24) is 4.98 Å². The van der Waals surface area contributed by atoms with Crippen LogP contribution in [0.15, 0.2) is 59.4 Å². The fourth-order valence-electron chi connectivity index (χ4n) is 1.67. The zero-order valence-electron chi connectivity index (χ0n) is 9.54. The zero-order chi connectivity index (χ0) is 12.2. The summed E-state index contributed by atoms with van der Waals surface area (Å²) in [5.41, 5.74) is 3.73. The van der Waals surface area contributed by atoms with Crippen LogP contribution in [0.1, 0.15) is 0 Å². The van der Waals surface area contributed by atoms with Gasteiger partial charge in [0, 0.05) is 10.9 Å². The molecule has 0 N–H and O–H groups in total. The molecule has 87 valence electrons. The molecule has 0 fully saturated rings. The Kier molecular flexibility index (Phi) is 3.07. The van der Waals surface area contributed by atoms with Gasteiger partial charge >= 0.3 is 0 Å². The van der Waals surface area contributed by atoms with E-state index in [1.165, 1.54) is 0 Å². The molecule has 0 bridgehead atoms. The van der Waals surface area contributed by atoms with E-state index < -0.39 is 0 Å². The van der Waals surface area contributed by atoms with Crippen molar-refractivity contribution in [1.29, 1.82) is 0 Å². The number of rotatable bonds is 3. The van der Waals surface area contributed by atoms with Crippen molar-refractivity contribution in [3.05, 3.63) is 65.5 Å². The third-order valence-electron chi connectivity index (χ3n) is 2.51. The molecule has 1 radical (unpaired) electrons. The Morgan fingerprint density at radius 1 is 1.11 bits per heavy atom. The second-order valence-corrected chi connectivity index (χ2v) is 4.43. The lowest BCUT2D eigenvalue weighted by atomic mass is 10.1. The molecule has 2 nitrogen and oxygen atoms in total. The van der Waals surface area contributed by atoms with Gasteiger partial charge in [0.25, 0.3) is 0 Å². The van der Waals surface area contributed by atoms with Crippen molar-refractivity contribution in [2.24, 2.45) is 0 Å². The zero-order valence-corrected chi connectivity index (χ0v) is 10.4. The Hall–Kier alpha value is -2.13. The van der Waals surface area contributed by atoms with E-state index in [1.807, 2.05) is 59.4 Å². The number of para-hydroxylation sites is 1. The summed E-state index contributed by atoms with van der Waals surface area (Å²) in [6.45, 7) is 0. The van der Waals surface area contributed by atoms with Gasteiger partial charge < -0.3 is 4.74 Å². The van der Waals surface area contributed by atoms with Crippen molar-refractivity contribution >= 4 is 11.3 Å². The van der Waals surface area contributed by atoms with Crippen LogP contribution in [0.4, 0.5) is 0 Å². The Morgan fingerprint density at radius 3 is 2.78 bits per heavy atom. The van der Waals surface area contributed by atoms with Gasteiger partial charge in [-0.1, -0.05) is 24.3 Å². The van der Waals surface area contributed by atoms with Crippen LogP contribution in [-0.2, 0) is 0 Å². The molecule has 0 saturated heterocycles. The first-order chi connectivity index (χ1) is 8.93. The minimum atomic E-state index is 0.773. The second kappa shape index (κ2) is 5.02. The number of benzene rings is 2. The van der Waals surface area contributed by atoms with Crippen molar-refractivity contribution in [2.45, 2.75) is 0 Å². The van der Waals surface area contributed by atoms with Crippen LogP contribution < -0.4 is 4.74 Å². The van der Waals surface area contributed by atoms with Crippen LogP contribution in [0.5, 0.6) is 11.5 Å². The molecule has 3 aromatic rings. The average molecular weight is 252 g/mol. The summed E-state index contributed by atoms with van der Waals surface area (Å²) in [7, 11) is 0. The number of aromatic nitrogens is 1. The first-order valence-electron chi connectivity index (χ1n) is 5.55. The second-order valence-electron chi connectivity index (χ2n) is 3.71. The van der Waals surface area contributed by atoms with Crippen LogP contribution >= 0.6 is 11.3 Å². The van der Waals surface area contributed by atoms with Crippen molar-refractivity contribution < 1.29 is 4.74 Å². The molecule has 0 saturated carbocycles. The molecule has 1 aromatic heterocycles. The van der Waals surface area contributed by atoms with Gasteiger partial charge in [0.2, 0.25) is 0 Å². The highest BCUT2D eigenvalue weighted by molar-refractivity contribution is 7.07. The number of hydrogen-bond acceptors (Lipinski definition) is 3. The van der Waals surface area contributed by atoms with E-state index in [0.29, 0.717) is 0 Å². The normalized spacial score (nSPS) is 10.2. The Balaban J connectivity index is 1.98. The molecule has 2 aromatic carbocycles. The third kappa shape index (κ3) is 2.26. The molecule has 0 amide bonds. The minimum Gasteiger partial charge on any atom is -0.457 e. The molecule has 18 heavy (non-hydrogen) atoms. The summed E-state index contributed by atoms with van der Waals surface area (Å²) in [6.07, 6.45) is 0. The molecule has 0 unspecified atom stereocenters. The van der Waals surface area contributed by atoms with Crippen LogP contribution in [0.3, 0.4) is 0 Å². The van der Waals surface area contributed by atoms with Gasteiger partial charge in [-0.05, 0) is 30.3 Å². The first kappa shape index (κ1) is 11.0. The van der Waals surface area contributed by atoms with Gasteiger partial charge in [-0.3, -0.25) is 0 Å². The first-order valence-corrected chi connectivity index (χ1v) is 6.49. The molecular weight excluding hydrogens is 242 g/mol. The van der Waals surface area contributed by atoms with E-state index in [4.69, 9.17) is 4.74 Å². The molecule has 0 aliphatic heterocycles. The van der Waals surface area contributed by atoms with Crippen LogP contribution in [0.2, 0.25) is 0 Å². The summed E-state index contributed by atoms with van der Waals surface area (Å²) in [4.78, 5) is 4.31. The summed E-state index contributed by atoms with van der Waals surface area (Å²) < 4.78 is 5.87. The molecule has 0 spiro atoms. The van der Waals surface area contributed by atoms with E-state index in [-0.39, 0.29) is 0 Å². The fraction of sp³-hybridized carbons (Fsp3) is 0. The fourth-order valence-corrected chi connectivity index (χ4v) is 2.22. The summed E-state index contributed by atoms with van der Waals surface area (Å²) in [5.74, 6) is 1.59. The highest BCUT2D eigenvalue weighted by Gasteiger charge is 2.08. The monoisotopic (exact) mass is 252 g/mol. The Morgan fingerprint density at radius 2 is 2.00 bits per heavy atom. The smallest absolute Gasteiger partial charge is 0.137 e. The van der Waals surface area contributed by atoms with Crippen molar-refractivity contribution in [3.8, 4) is 22.8 Å². The van der Waals surface area contributed by atoms with E-state index in [9.17, 15) is 0 Å². The standard InChI is InChI=1S/C15H10NOS/c1-2-6-12(7-3-1)17-15-9-5-4-8-13(15)14-10-18-11-16-14/h1-4,6-11H. The summed E-state index contributed by atoms with van der Waals surface area (Å²) in [6, 6.07) is 18.4. The number of hydrogen-bond donors (Lipinski definition) is 0. The Bertz CT molecular complexity index is 620. The predicted octanol–water partition coefficient (Wildman–Crippen LogP) is 4.40. The molecule has 0 atom stereocenters. The number of thiazole rings is 1. The van der Waals surface area contributed by atoms with E-state index in [1.54, 1.807) is 11.3 Å². The quantitative estimate of drug-likeness (QED) is 0.689. The van der Waals surface area contributed by atoms with Crippen molar-refractivity contribution in [3.63, 3.8) is 0 Å². The molecule has 3 rings (SSSR count). The molecule has 0 aliphatic carbocycles. The van der Waals surface area contributed by atoms with Gasteiger partial charge in [0.05, 0.1) is 11.2 Å². The molecule has 0 aliphatic rings. The van der Waals surface area contributed by atoms with Gasteiger partial charge in [0.15, 0.2) is 0 Å². The van der Waals surface area contributed by atoms with E-state index >= 15 is 0 Å². The van der Waals surface area contributed by atoms with Crippen LogP contribution in [-0.4, -0.2) is 4.98 Å². The minimum absolute atomic E-state index is 0.773.